The summed E-state index contributed by atoms with van der Waals surface area (Å²) in [6, 6.07) is 36.0. The molecule has 1 aliphatic rings. The summed E-state index contributed by atoms with van der Waals surface area (Å²) < 4.78 is 19.6. The van der Waals surface area contributed by atoms with Crippen LogP contribution in [0.1, 0.15) is 48.5 Å². The molecule has 0 radical (unpaired) electrons. The van der Waals surface area contributed by atoms with Gasteiger partial charge in [-0.2, -0.15) is 0 Å². The van der Waals surface area contributed by atoms with Crippen LogP contribution >= 0.6 is 11.8 Å². The number of aliphatic hydroxyl groups is 1. The van der Waals surface area contributed by atoms with E-state index in [-0.39, 0.29) is 30.6 Å². The fourth-order valence-electron chi connectivity index (χ4n) is 5.42. The topological polar surface area (TPSA) is 93.8 Å². The molecule has 1 amide bonds. The lowest BCUT2D eigenvalue weighted by Gasteiger charge is -2.41. The van der Waals surface area contributed by atoms with Gasteiger partial charge in [-0.15, -0.1) is 0 Å². The van der Waals surface area contributed by atoms with Crippen molar-refractivity contribution in [2.45, 2.75) is 50.7 Å². The number of aliphatic hydroxyl groups excluding tert-OH is 1. The first kappa shape index (κ1) is 30.8. The van der Waals surface area contributed by atoms with Gasteiger partial charge in [0.25, 0.3) is 5.22 Å². The first-order valence-corrected chi connectivity index (χ1v) is 16.1. The molecule has 1 aromatic heterocycles. The lowest BCUT2D eigenvalue weighted by atomic mass is 9.91. The third kappa shape index (κ3) is 7.37. The fourth-order valence-corrected chi connectivity index (χ4v) is 6.41. The minimum absolute atomic E-state index is 0.0106. The van der Waals surface area contributed by atoms with Gasteiger partial charge in [-0.05, 0) is 16.7 Å². The molecule has 0 saturated carbocycles. The molecule has 0 bridgehead atoms. The van der Waals surface area contributed by atoms with E-state index in [4.69, 9.17) is 18.9 Å². The monoisotopic (exact) mass is 620 g/mol. The van der Waals surface area contributed by atoms with Crippen LogP contribution in [0.15, 0.2) is 119 Å². The molecule has 4 aromatic carbocycles. The van der Waals surface area contributed by atoms with E-state index in [2.05, 4.69) is 12.2 Å². The first-order valence-electron chi connectivity index (χ1n) is 15.1. The number of carbonyl (C=O) groups is 1. The van der Waals surface area contributed by atoms with E-state index in [0.29, 0.717) is 17.5 Å². The van der Waals surface area contributed by atoms with Crippen molar-refractivity contribution < 1.29 is 23.8 Å². The summed E-state index contributed by atoms with van der Waals surface area (Å²) in [4.78, 5) is 16.3. The van der Waals surface area contributed by atoms with Crippen molar-refractivity contribution in [1.29, 1.82) is 0 Å². The quantitative estimate of drug-likeness (QED) is 0.154. The second-order valence-electron chi connectivity index (χ2n) is 11.2. The van der Waals surface area contributed by atoms with Gasteiger partial charge >= 0.3 is 0 Å². The Bertz CT molecular complexity index is 1630. The van der Waals surface area contributed by atoms with Crippen molar-refractivity contribution in [3.05, 3.63) is 131 Å². The number of hydrogen-bond donors (Lipinski definition) is 2. The number of oxazole rings is 1. The zero-order valence-electron chi connectivity index (χ0n) is 25.3. The Hall–Kier alpha value is -4.21. The molecule has 0 spiro atoms. The van der Waals surface area contributed by atoms with Crippen LogP contribution in [0.4, 0.5) is 0 Å². The Kier molecular flexibility index (Phi) is 9.76. The van der Waals surface area contributed by atoms with Crippen molar-refractivity contribution >= 4 is 17.7 Å². The number of ether oxygens (including phenoxy) is 2. The van der Waals surface area contributed by atoms with E-state index in [9.17, 15) is 9.90 Å². The van der Waals surface area contributed by atoms with Gasteiger partial charge in [0.05, 0.1) is 18.8 Å². The van der Waals surface area contributed by atoms with Gasteiger partial charge in [0, 0.05) is 41.8 Å². The Morgan fingerprint density at radius 1 is 0.822 bits per heavy atom. The number of hydrogen-bond acceptors (Lipinski definition) is 7. The molecule has 2 N–H and O–H groups in total. The molecule has 230 valence electrons. The summed E-state index contributed by atoms with van der Waals surface area (Å²) in [6.07, 6.45) is -0.999. The van der Waals surface area contributed by atoms with Crippen LogP contribution in [0, 0.1) is 5.92 Å². The third-order valence-electron chi connectivity index (χ3n) is 7.98. The molecule has 2 heterocycles. The number of benzene rings is 4. The van der Waals surface area contributed by atoms with Crippen LogP contribution in [0.25, 0.3) is 22.6 Å². The summed E-state index contributed by atoms with van der Waals surface area (Å²) in [5, 5.41) is 13.0. The summed E-state index contributed by atoms with van der Waals surface area (Å²) >= 11 is 1.54. The molecule has 45 heavy (non-hydrogen) atoms. The van der Waals surface area contributed by atoms with Crippen LogP contribution in [-0.4, -0.2) is 27.9 Å². The maximum atomic E-state index is 11.4. The Morgan fingerprint density at radius 3 is 2.09 bits per heavy atom. The van der Waals surface area contributed by atoms with Gasteiger partial charge in [-0.1, -0.05) is 128 Å². The van der Waals surface area contributed by atoms with Gasteiger partial charge in [-0.25, -0.2) is 4.98 Å². The van der Waals surface area contributed by atoms with Crippen molar-refractivity contribution in [2.75, 3.05) is 5.75 Å². The smallest absolute Gasteiger partial charge is 0.256 e. The lowest BCUT2D eigenvalue weighted by molar-refractivity contribution is -0.268. The van der Waals surface area contributed by atoms with Crippen LogP contribution in [0.5, 0.6) is 0 Å². The van der Waals surface area contributed by atoms with Crippen molar-refractivity contribution in [3.8, 4) is 22.6 Å². The van der Waals surface area contributed by atoms with Crippen molar-refractivity contribution in [1.82, 2.24) is 10.3 Å². The van der Waals surface area contributed by atoms with Crippen LogP contribution in [-0.2, 0) is 27.4 Å². The lowest BCUT2D eigenvalue weighted by Crippen LogP contribution is -2.38. The fraction of sp³-hybridized carbons (Fsp3) is 0.243. The molecule has 5 aromatic rings. The predicted octanol–water partition coefficient (Wildman–Crippen LogP) is 7.72. The van der Waals surface area contributed by atoms with E-state index < -0.39 is 6.29 Å². The summed E-state index contributed by atoms with van der Waals surface area (Å²) in [7, 11) is 0. The molecule has 1 fully saturated rings. The third-order valence-corrected chi connectivity index (χ3v) is 8.90. The maximum absolute atomic E-state index is 11.4. The van der Waals surface area contributed by atoms with Crippen molar-refractivity contribution in [2.24, 2.45) is 5.92 Å². The first-order chi connectivity index (χ1) is 22.0. The summed E-state index contributed by atoms with van der Waals surface area (Å²) in [5.74, 6) is 1.30. The second kappa shape index (κ2) is 14.3. The molecule has 7 nitrogen and oxygen atoms in total. The van der Waals surface area contributed by atoms with E-state index >= 15 is 0 Å². The van der Waals surface area contributed by atoms with Gasteiger partial charge in [0.1, 0.15) is 5.69 Å². The molecule has 0 aliphatic carbocycles. The number of carbonyl (C=O) groups excluding carboxylic acids is 1. The normalized spacial score (nSPS) is 19.7. The summed E-state index contributed by atoms with van der Waals surface area (Å²) in [5.41, 5.74) is 6.55. The van der Waals surface area contributed by atoms with E-state index in [1.165, 1.54) is 18.7 Å². The minimum atomic E-state index is -0.589. The molecule has 6 rings (SSSR count). The van der Waals surface area contributed by atoms with Crippen molar-refractivity contribution in [3.63, 3.8) is 0 Å². The highest BCUT2D eigenvalue weighted by molar-refractivity contribution is 7.99. The average molecular weight is 621 g/mol. The number of nitrogens with zero attached hydrogens (tertiary/aromatic N) is 1. The zero-order chi connectivity index (χ0) is 31.2. The molecule has 4 atom stereocenters. The molecule has 8 heteroatoms. The van der Waals surface area contributed by atoms with E-state index in [1.54, 1.807) is 0 Å². The second-order valence-corrected chi connectivity index (χ2v) is 12.1. The van der Waals surface area contributed by atoms with Gasteiger partial charge in [0.15, 0.2) is 12.1 Å². The highest BCUT2D eigenvalue weighted by Crippen LogP contribution is 2.44. The number of aromatic nitrogens is 1. The number of rotatable bonds is 10. The predicted molar refractivity (Wildman–Crippen MR) is 175 cm³/mol. The zero-order valence-corrected chi connectivity index (χ0v) is 26.1. The minimum Gasteiger partial charge on any atom is -0.431 e. The number of nitrogens with one attached hydrogen (secondary N) is 1. The molecule has 1 saturated heterocycles. The van der Waals surface area contributed by atoms with Gasteiger partial charge < -0.3 is 24.3 Å². The number of amides is 1. The van der Waals surface area contributed by atoms with Crippen LogP contribution < -0.4 is 5.32 Å². The summed E-state index contributed by atoms with van der Waals surface area (Å²) in [6.45, 7) is 4.10. The highest BCUT2D eigenvalue weighted by atomic mass is 32.2. The van der Waals surface area contributed by atoms with Crippen LogP contribution in [0.3, 0.4) is 0 Å². The largest absolute Gasteiger partial charge is 0.431 e. The maximum Gasteiger partial charge on any atom is 0.256 e. The Morgan fingerprint density at radius 2 is 1.44 bits per heavy atom. The van der Waals surface area contributed by atoms with E-state index in [0.717, 1.165) is 44.8 Å². The van der Waals surface area contributed by atoms with Crippen LogP contribution in [0.2, 0.25) is 0 Å². The van der Waals surface area contributed by atoms with E-state index in [1.807, 2.05) is 109 Å². The molecule has 1 aliphatic heterocycles. The van der Waals surface area contributed by atoms with Gasteiger partial charge in [0.2, 0.25) is 5.91 Å². The van der Waals surface area contributed by atoms with Gasteiger partial charge in [-0.3, -0.25) is 4.79 Å². The Balaban J connectivity index is 1.26. The number of thioether (sulfide) groups is 1. The SMILES string of the molecule is CC(=O)NCc1ccc([C@@H]2O[C@H](CSc3nc(-c4ccccc4)c(-c4ccccc4)o3)[C@H](C)[C@H](c3ccc(CO)cc3)O2)cc1. The standard InChI is InChI=1S/C37H36N2O5S/c1-24-32(23-45-37-39-33(28-9-5-3-6-10-28)35(44-37)29-11-7-4-8-12-29)42-36(31-19-13-26(14-20-31)21-38-25(2)41)43-34(24)30-17-15-27(22-40)16-18-30/h3-20,24,32,34,36,40H,21-23H2,1-2H3,(H,38,41)/t24-,32+,34+,36+/m0/s1. The molecule has 0 unspecified atom stereocenters. The molecular weight excluding hydrogens is 584 g/mol. The molecular formula is C37H36N2O5S. The highest BCUT2D eigenvalue weighted by Gasteiger charge is 2.38. The average Bonchev–Trinajstić information content (AvgIpc) is 3.52. The Labute approximate surface area is 267 Å².